The van der Waals surface area contributed by atoms with E-state index in [1.165, 1.54) is 32.1 Å². The van der Waals surface area contributed by atoms with Gasteiger partial charge in [-0.2, -0.15) is 4.98 Å². The number of carbonyl (C=O) groups excluding carboxylic acids is 2. The van der Waals surface area contributed by atoms with Crippen molar-refractivity contribution in [2.45, 2.75) is 76.7 Å². The Labute approximate surface area is 160 Å². The molecule has 2 amide bonds. The summed E-state index contributed by atoms with van der Waals surface area (Å²) in [5.74, 6) is 2.22. The van der Waals surface area contributed by atoms with Crippen LogP contribution >= 0.6 is 0 Å². The van der Waals surface area contributed by atoms with E-state index in [1.807, 2.05) is 4.90 Å². The summed E-state index contributed by atoms with van der Waals surface area (Å²) in [6.07, 6.45) is 11.1. The topological polar surface area (TPSA) is 88.3 Å². The van der Waals surface area contributed by atoms with Crippen molar-refractivity contribution >= 4 is 11.8 Å². The van der Waals surface area contributed by atoms with Crippen LogP contribution in [0.4, 0.5) is 0 Å². The molecule has 7 heteroatoms. The third kappa shape index (κ3) is 4.68. The zero-order chi connectivity index (χ0) is 18.6. The predicted octanol–water partition coefficient (Wildman–Crippen LogP) is 2.77. The molecule has 1 atom stereocenters. The minimum Gasteiger partial charge on any atom is -0.356 e. The molecule has 0 aromatic carbocycles. The van der Waals surface area contributed by atoms with Gasteiger partial charge < -0.3 is 14.7 Å². The molecule has 0 radical (unpaired) electrons. The van der Waals surface area contributed by atoms with Gasteiger partial charge in [0.2, 0.25) is 17.7 Å². The lowest BCUT2D eigenvalue weighted by molar-refractivity contribution is -0.133. The molecule has 2 aliphatic carbocycles. The van der Waals surface area contributed by atoms with Crippen molar-refractivity contribution in [2.75, 3.05) is 13.1 Å². The Hall–Kier alpha value is -1.92. The highest BCUT2D eigenvalue weighted by atomic mass is 16.5. The minimum atomic E-state index is -0.0595. The molecule has 1 aromatic heterocycles. The Balaban J connectivity index is 1.24. The first-order valence-electron chi connectivity index (χ1n) is 10.6. The average molecular weight is 374 g/mol. The first kappa shape index (κ1) is 18.4. The number of likely N-dealkylation sites (tertiary alicyclic amines) is 1. The fourth-order valence-electron chi connectivity index (χ4n) is 4.33. The third-order valence-electron chi connectivity index (χ3n) is 6.12. The predicted molar refractivity (Wildman–Crippen MR) is 98.6 cm³/mol. The van der Waals surface area contributed by atoms with Gasteiger partial charge in [0.1, 0.15) is 0 Å². The fourth-order valence-corrected chi connectivity index (χ4v) is 4.33. The molecule has 7 nitrogen and oxygen atoms in total. The standard InChI is InChI=1S/C20H30N4O3/c25-17(21-13-14-5-2-1-3-6-14)10-11-18-22-19(23-27-18)16-7-4-12-24(16)20(26)15-8-9-15/h14-16H,1-13H2,(H,21,25). The lowest BCUT2D eigenvalue weighted by Crippen LogP contribution is -2.32. The maximum Gasteiger partial charge on any atom is 0.227 e. The molecule has 0 spiro atoms. The van der Waals surface area contributed by atoms with Crippen LogP contribution in [0.15, 0.2) is 4.52 Å². The van der Waals surface area contributed by atoms with E-state index in [9.17, 15) is 9.59 Å². The molecule has 1 aromatic rings. The van der Waals surface area contributed by atoms with Gasteiger partial charge in [0.15, 0.2) is 5.82 Å². The number of hydrogen-bond acceptors (Lipinski definition) is 5. The van der Waals surface area contributed by atoms with E-state index in [0.29, 0.717) is 30.5 Å². The second-order valence-corrected chi connectivity index (χ2v) is 8.32. The molecule has 2 saturated carbocycles. The molecular formula is C20H30N4O3. The summed E-state index contributed by atoms with van der Waals surface area (Å²) < 4.78 is 5.35. The zero-order valence-corrected chi connectivity index (χ0v) is 16.0. The highest BCUT2D eigenvalue weighted by Crippen LogP contribution is 2.37. The molecule has 1 saturated heterocycles. The number of aryl methyl sites for hydroxylation is 1. The quantitative estimate of drug-likeness (QED) is 0.793. The summed E-state index contributed by atoms with van der Waals surface area (Å²) in [5, 5.41) is 7.14. The van der Waals surface area contributed by atoms with E-state index >= 15 is 0 Å². The Morgan fingerprint density at radius 1 is 1.07 bits per heavy atom. The highest BCUT2D eigenvalue weighted by Gasteiger charge is 2.40. The van der Waals surface area contributed by atoms with Crippen molar-refractivity contribution < 1.29 is 14.1 Å². The van der Waals surface area contributed by atoms with Crippen LogP contribution in [-0.2, 0) is 16.0 Å². The molecule has 27 heavy (non-hydrogen) atoms. The lowest BCUT2D eigenvalue weighted by Gasteiger charge is -2.22. The van der Waals surface area contributed by atoms with Crippen LogP contribution in [0.1, 0.15) is 82.0 Å². The van der Waals surface area contributed by atoms with E-state index < -0.39 is 0 Å². The van der Waals surface area contributed by atoms with E-state index in [1.54, 1.807) is 0 Å². The highest BCUT2D eigenvalue weighted by molar-refractivity contribution is 5.81. The number of rotatable bonds is 7. The van der Waals surface area contributed by atoms with Gasteiger partial charge in [0, 0.05) is 31.8 Å². The van der Waals surface area contributed by atoms with Gasteiger partial charge in [0.05, 0.1) is 6.04 Å². The minimum absolute atomic E-state index is 0.0479. The van der Waals surface area contributed by atoms with Gasteiger partial charge in [0.25, 0.3) is 0 Å². The van der Waals surface area contributed by atoms with E-state index in [4.69, 9.17) is 4.52 Å². The monoisotopic (exact) mass is 374 g/mol. The summed E-state index contributed by atoms with van der Waals surface area (Å²) in [4.78, 5) is 30.9. The lowest BCUT2D eigenvalue weighted by atomic mass is 9.89. The first-order chi connectivity index (χ1) is 13.2. The number of nitrogens with one attached hydrogen (secondary N) is 1. The molecule has 2 heterocycles. The maximum atomic E-state index is 12.4. The van der Waals surface area contributed by atoms with Crippen molar-refractivity contribution in [3.63, 3.8) is 0 Å². The Kier molecular flexibility index (Phi) is 5.74. The molecule has 1 N–H and O–H groups in total. The third-order valence-corrected chi connectivity index (χ3v) is 6.12. The first-order valence-corrected chi connectivity index (χ1v) is 10.6. The van der Waals surface area contributed by atoms with Crippen molar-refractivity contribution in [1.29, 1.82) is 0 Å². The number of nitrogens with zero attached hydrogens (tertiary/aromatic N) is 3. The van der Waals surface area contributed by atoms with Crippen LogP contribution in [0.3, 0.4) is 0 Å². The van der Waals surface area contributed by atoms with Gasteiger partial charge >= 0.3 is 0 Å². The molecule has 3 aliphatic rings. The number of amides is 2. The summed E-state index contributed by atoms with van der Waals surface area (Å²) >= 11 is 0. The van der Waals surface area contributed by atoms with Crippen LogP contribution < -0.4 is 5.32 Å². The van der Waals surface area contributed by atoms with Gasteiger partial charge in [-0.15, -0.1) is 0 Å². The fraction of sp³-hybridized carbons (Fsp3) is 0.800. The van der Waals surface area contributed by atoms with Crippen molar-refractivity contribution in [2.24, 2.45) is 11.8 Å². The van der Waals surface area contributed by atoms with Gasteiger partial charge in [-0.25, -0.2) is 0 Å². The van der Waals surface area contributed by atoms with Crippen LogP contribution in [0.2, 0.25) is 0 Å². The molecule has 1 aliphatic heterocycles. The normalized spacial score (nSPS) is 23.6. The zero-order valence-electron chi connectivity index (χ0n) is 16.0. The van der Waals surface area contributed by atoms with Crippen LogP contribution in [0.25, 0.3) is 0 Å². The molecule has 0 bridgehead atoms. The average Bonchev–Trinajstić information content (AvgIpc) is 3.24. The van der Waals surface area contributed by atoms with E-state index in [2.05, 4.69) is 15.5 Å². The van der Waals surface area contributed by atoms with Crippen LogP contribution in [0.5, 0.6) is 0 Å². The Morgan fingerprint density at radius 3 is 2.67 bits per heavy atom. The molecule has 3 fully saturated rings. The second kappa shape index (κ2) is 8.40. The number of hydrogen-bond donors (Lipinski definition) is 1. The van der Waals surface area contributed by atoms with Gasteiger partial charge in [-0.3, -0.25) is 9.59 Å². The maximum absolute atomic E-state index is 12.4. The molecular weight excluding hydrogens is 344 g/mol. The Bertz CT molecular complexity index is 664. The smallest absolute Gasteiger partial charge is 0.227 e. The molecule has 148 valence electrons. The summed E-state index contributed by atoms with van der Waals surface area (Å²) in [7, 11) is 0. The number of carbonyl (C=O) groups is 2. The SMILES string of the molecule is O=C(CCc1nc(C2CCCN2C(=O)C2CC2)no1)NCC1CCCCC1. The second-order valence-electron chi connectivity index (χ2n) is 8.32. The number of aromatic nitrogens is 2. The molecule has 1 unspecified atom stereocenters. The largest absolute Gasteiger partial charge is 0.356 e. The summed E-state index contributed by atoms with van der Waals surface area (Å²) in [5.41, 5.74) is 0. The van der Waals surface area contributed by atoms with Gasteiger partial charge in [-0.05, 0) is 44.4 Å². The van der Waals surface area contributed by atoms with E-state index in [-0.39, 0.29) is 23.8 Å². The van der Waals surface area contributed by atoms with Gasteiger partial charge in [-0.1, -0.05) is 24.4 Å². The van der Waals surface area contributed by atoms with E-state index in [0.717, 1.165) is 38.8 Å². The van der Waals surface area contributed by atoms with Crippen molar-refractivity contribution in [3.8, 4) is 0 Å². The van der Waals surface area contributed by atoms with Crippen molar-refractivity contribution in [3.05, 3.63) is 11.7 Å². The summed E-state index contributed by atoms with van der Waals surface area (Å²) in [6.45, 7) is 1.57. The molecule has 4 rings (SSSR count). The van der Waals surface area contributed by atoms with Crippen molar-refractivity contribution in [1.82, 2.24) is 20.4 Å². The summed E-state index contributed by atoms with van der Waals surface area (Å²) in [6, 6.07) is -0.0595. The van der Waals surface area contributed by atoms with Crippen LogP contribution in [0, 0.1) is 11.8 Å². The Morgan fingerprint density at radius 2 is 1.89 bits per heavy atom. The van der Waals surface area contributed by atoms with Crippen LogP contribution in [-0.4, -0.2) is 39.9 Å².